The maximum atomic E-state index is 12.9. The van der Waals surface area contributed by atoms with Crippen molar-refractivity contribution in [1.82, 2.24) is 14.0 Å². The number of hydrogen-bond donors (Lipinski definition) is 0. The van der Waals surface area contributed by atoms with Crippen molar-refractivity contribution in [3.63, 3.8) is 0 Å². The van der Waals surface area contributed by atoms with Gasteiger partial charge in [0.25, 0.3) is 5.56 Å². The topological polar surface area (TPSA) is 59.6 Å². The summed E-state index contributed by atoms with van der Waals surface area (Å²) in [5.74, 6) is 1.41. The second-order valence-electron chi connectivity index (χ2n) is 7.54. The van der Waals surface area contributed by atoms with Crippen LogP contribution in [0.4, 0.5) is 5.82 Å². The standard InChI is InChI=1S/C22H25ClN4O2/c1-2-3-4-11-26-20(25-12-5-6-18(25)15-28)13-21(29)27-14-19(24-22(26)27)16-7-9-17(23)10-8-16/h7-10,13-15,18H,2-6,11-12H2,1H3. The Balaban J connectivity index is 1.86. The number of anilines is 1. The lowest BCUT2D eigenvalue weighted by atomic mass is 10.2. The van der Waals surface area contributed by atoms with E-state index in [4.69, 9.17) is 16.6 Å². The molecule has 6 nitrogen and oxygen atoms in total. The first kappa shape index (κ1) is 19.7. The van der Waals surface area contributed by atoms with E-state index in [1.54, 1.807) is 16.7 Å². The highest BCUT2D eigenvalue weighted by Gasteiger charge is 2.27. The average molecular weight is 413 g/mol. The fourth-order valence-electron chi connectivity index (χ4n) is 4.03. The molecule has 0 aliphatic carbocycles. The number of aryl methyl sites for hydroxylation is 1. The average Bonchev–Trinajstić information content (AvgIpc) is 3.37. The first-order chi connectivity index (χ1) is 14.1. The van der Waals surface area contributed by atoms with Crippen LogP contribution in [0.25, 0.3) is 17.0 Å². The van der Waals surface area contributed by atoms with Gasteiger partial charge in [0.05, 0.1) is 11.7 Å². The van der Waals surface area contributed by atoms with E-state index in [1.807, 2.05) is 24.3 Å². The van der Waals surface area contributed by atoms with Crippen LogP contribution in [0.3, 0.4) is 0 Å². The van der Waals surface area contributed by atoms with Crippen molar-refractivity contribution in [3.05, 3.63) is 51.9 Å². The van der Waals surface area contributed by atoms with Crippen LogP contribution in [0, 0.1) is 0 Å². The molecule has 0 N–H and O–H groups in total. The highest BCUT2D eigenvalue weighted by molar-refractivity contribution is 6.30. The minimum atomic E-state index is -0.181. The molecule has 1 aliphatic rings. The number of imidazole rings is 1. The van der Waals surface area contributed by atoms with Crippen LogP contribution in [0.5, 0.6) is 0 Å². The second kappa shape index (κ2) is 8.41. The van der Waals surface area contributed by atoms with Gasteiger partial charge in [-0.1, -0.05) is 43.5 Å². The number of carbonyl (C=O) groups is 1. The molecule has 1 fully saturated rings. The van der Waals surface area contributed by atoms with E-state index in [-0.39, 0.29) is 11.6 Å². The monoisotopic (exact) mass is 412 g/mol. The number of benzene rings is 1. The Hall–Kier alpha value is -2.60. The van der Waals surface area contributed by atoms with E-state index in [9.17, 15) is 9.59 Å². The molecule has 3 heterocycles. The lowest BCUT2D eigenvalue weighted by molar-refractivity contribution is -0.108. The molecule has 2 aromatic heterocycles. The molecule has 1 saturated heterocycles. The van der Waals surface area contributed by atoms with Gasteiger partial charge in [-0.15, -0.1) is 0 Å². The van der Waals surface area contributed by atoms with Crippen LogP contribution >= 0.6 is 11.6 Å². The molecule has 1 aromatic carbocycles. The molecule has 29 heavy (non-hydrogen) atoms. The minimum Gasteiger partial charge on any atom is -0.348 e. The molecule has 3 aromatic rings. The quantitative estimate of drug-likeness (QED) is 0.431. The van der Waals surface area contributed by atoms with Gasteiger partial charge in [0, 0.05) is 35.9 Å². The van der Waals surface area contributed by atoms with Crippen LogP contribution in [0.1, 0.15) is 39.0 Å². The zero-order valence-corrected chi connectivity index (χ0v) is 17.3. The van der Waals surface area contributed by atoms with Crippen molar-refractivity contribution in [2.75, 3.05) is 11.4 Å². The molecular weight excluding hydrogens is 388 g/mol. The molecular formula is C22H25ClN4O2. The van der Waals surface area contributed by atoms with Gasteiger partial charge in [0.1, 0.15) is 12.1 Å². The Labute approximate surface area is 174 Å². The predicted octanol–water partition coefficient (Wildman–Crippen LogP) is 4.17. The summed E-state index contributed by atoms with van der Waals surface area (Å²) in [5.41, 5.74) is 1.51. The maximum Gasteiger partial charge on any atom is 0.261 e. The zero-order valence-electron chi connectivity index (χ0n) is 16.6. The molecule has 0 saturated carbocycles. The van der Waals surface area contributed by atoms with E-state index in [1.165, 1.54) is 0 Å². The van der Waals surface area contributed by atoms with Gasteiger partial charge in [-0.3, -0.25) is 13.8 Å². The molecule has 152 valence electrons. The first-order valence-electron chi connectivity index (χ1n) is 10.2. The smallest absolute Gasteiger partial charge is 0.261 e. The number of hydrogen-bond acceptors (Lipinski definition) is 4. The van der Waals surface area contributed by atoms with Crippen LogP contribution in [0.15, 0.2) is 41.3 Å². The van der Waals surface area contributed by atoms with Gasteiger partial charge in [0.2, 0.25) is 5.78 Å². The fraction of sp³-hybridized carbons (Fsp3) is 0.409. The number of unbranched alkanes of at least 4 members (excludes halogenated alkanes) is 2. The normalized spacial score (nSPS) is 16.6. The van der Waals surface area contributed by atoms with Crippen molar-refractivity contribution in [2.24, 2.45) is 0 Å². The Morgan fingerprint density at radius 3 is 2.76 bits per heavy atom. The summed E-state index contributed by atoms with van der Waals surface area (Å²) in [7, 11) is 0. The summed E-state index contributed by atoms with van der Waals surface area (Å²) >= 11 is 6.01. The third-order valence-corrected chi connectivity index (χ3v) is 5.82. The van der Waals surface area contributed by atoms with Gasteiger partial charge >= 0.3 is 0 Å². The SMILES string of the molecule is CCCCCn1c(N2CCCC2C=O)cc(=O)n2cc(-c3ccc(Cl)cc3)nc12. The number of nitrogens with zero attached hydrogens (tertiary/aromatic N) is 4. The molecule has 4 rings (SSSR count). The summed E-state index contributed by atoms with van der Waals surface area (Å²) in [6, 6.07) is 8.91. The Bertz CT molecular complexity index is 1070. The summed E-state index contributed by atoms with van der Waals surface area (Å²) in [6.45, 7) is 3.70. The van der Waals surface area contributed by atoms with Gasteiger partial charge in [0.15, 0.2) is 0 Å². The highest BCUT2D eigenvalue weighted by atomic mass is 35.5. The minimum absolute atomic E-state index is 0.133. The molecule has 0 radical (unpaired) electrons. The van der Waals surface area contributed by atoms with E-state index in [0.717, 1.165) is 68.6 Å². The summed E-state index contributed by atoms with van der Waals surface area (Å²) in [4.78, 5) is 31.3. The van der Waals surface area contributed by atoms with Crippen LogP contribution in [-0.4, -0.2) is 32.8 Å². The number of carbonyl (C=O) groups excluding carboxylic acids is 1. The molecule has 1 unspecified atom stereocenters. The Kier molecular flexibility index (Phi) is 5.72. The van der Waals surface area contributed by atoms with Crippen LogP contribution in [0.2, 0.25) is 5.02 Å². The second-order valence-corrected chi connectivity index (χ2v) is 7.98. The zero-order chi connectivity index (χ0) is 20.4. The van der Waals surface area contributed by atoms with E-state index in [0.29, 0.717) is 10.8 Å². The van der Waals surface area contributed by atoms with E-state index >= 15 is 0 Å². The third kappa shape index (κ3) is 3.81. The maximum absolute atomic E-state index is 12.9. The van der Waals surface area contributed by atoms with Gasteiger partial charge in [-0.05, 0) is 31.4 Å². The molecule has 1 aliphatic heterocycles. The van der Waals surface area contributed by atoms with Crippen molar-refractivity contribution in [3.8, 4) is 11.3 Å². The number of fused-ring (bicyclic) bond motifs is 1. The molecule has 1 atom stereocenters. The van der Waals surface area contributed by atoms with Gasteiger partial charge in [-0.25, -0.2) is 4.98 Å². The highest BCUT2D eigenvalue weighted by Crippen LogP contribution is 2.27. The van der Waals surface area contributed by atoms with Crippen molar-refractivity contribution in [1.29, 1.82) is 0 Å². The fourth-order valence-corrected chi connectivity index (χ4v) is 4.16. The predicted molar refractivity (Wildman–Crippen MR) is 116 cm³/mol. The third-order valence-electron chi connectivity index (χ3n) is 5.57. The molecule has 0 bridgehead atoms. The number of aromatic nitrogens is 3. The number of rotatable bonds is 7. The lowest BCUT2D eigenvalue weighted by Crippen LogP contribution is -2.35. The first-order valence-corrected chi connectivity index (χ1v) is 10.6. The van der Waals surface area contributed by atoms with Crippen LogP contribution < -0.4 is 10.5 Å². The van der Waals surface area contributed by atoms with Crippen LogP contribution in [-0.2, 0) is 11.3 Å². The number of halogens is 1. The Morgan fingerprint density at radius 1 is 1.24 bits per heavy atom. The van der Waals surface area contributed by atoms with E-state index in [2.05, 4.69) is 16.4 Å². The molecule has 0 amide bonds. The van der Waals surface area contributed by atoms with Crippen molar-refractivity contribution >= 4 is 29.5 Å². The largest absolute Gasteiger partial charge is 0.348 e. The summed E-state index contributed by atoms with van der Waals surface area (Å²) in [5, 5.41) is 0.660. The van der Waals surface area contributed by atoms with Gasteiger partial charge in [-0.2, -0.15) is 0 Å². The van der Waals surface area contributed by atoms with Crippen molar-refractivity contribution < 1.29 is 4.79 Å². The summed E-state index contributed by atoms with van der Waals surface area (Å²) in [6.07, 6.45) is 7.73. The van der Waals surface area contributed by atoms with E-state index < -0.39 is 0 Å². The summed E-state index contributed by atoms with van der Waals surface area (Å²) < 4.78 is 3.70. The Morgan fingerprint density at radius 2 is 2.03 bits per heavy atom. The van der Waals surface area contributed by atoms with Crippen molar-refractivity contribution in [2.45, 2.75) is 51.6 Å². The molecule has 0 spiro atoms. The lowest BCUT2D eigenvalue weighted by Gasteiger charge is -2.26. The number of aldehydes is 1. The molecule has 7 heteroatoms. The van der Waals surface area contributed by atoms with Gasteiger partial charge < -0.3 is 9.69 Å².